The molecular weight excluding hydrogens is 367 g/mol. The Morgan fingerprint density at radius 1 is 0.633 bits per heavy atom. The Labute approximate surface area is 187 Å². The zero-order valence-corrected chi connectivity index (χ0v) is 20.1. The Morgan fingerprint density at radius 2 is 1.13 bits per heavy atom. The van der Waals surface area contributed by atoms with Crippen molar-refractivity contribution < 1.29 is 4.39 Å². The fourth-order valence-corrected chi connectivity index (χ4v) is 7.23. The van der Waals surface area contributed by atoms with Crippen LogP contribution in [-0.4, -0.2) is 6.67 Å². The molecule has 3 fully saturated rings. The molecule has 0 heterocycles. The normalized spacial score (nSPS) is 35.7. The minimum absolute atomic E-state index is 0.199. The Balaban J connectivity index is 1.27. The topological polar surface area (TPSA) is 0 Å². The molecule has 3 saturated carbocycles. The van der Waals surface area contributed by atoms with E-state index in [4.69, 9.17) is 0 Å². The first kappa shape index (κ1) is 24.3. The van der Waals surface area contributed by atoms with Gasteiger partial charge < -0.3 is 0 Å². The summed E-state index contributed by atoms with van der Waals surface area (Å²) in [6.07, 6.45) is 31.7. The van der Waals surface area contributed by atoms with Crippen molar-refractivity contribution in [3.63, 3.8) is 0 Å². The lowest BCUT2D eigenvalue weighted by atomic mass is 9.65. The number of halogens is 1. The SMILES string of the molecule is CCCCCCCC1CCC(C2CCC([C@H]3CC[C@H](/C=C/CCF)CC3)CC2)CC1. The standard InChI is InChI=1S/C29H51F/c1-2-3-4-5-6-9-24-11-15-26(16-12-24)28-19-21-29(22-20-28)27-17-13-25(14-18-27)10-7-8-23-30/h7,10,24-29H,2-6,8-9,11-23H2,1H3/b10-7+/t24?,25-,26?,27-,28?,29?. The van der Waals surface area contributed by atoms with Gasteiger partial charge in [0.1, 0.15) is 0 Å². The van der Waals surface area contributed by atoms with Gasteiger partial charge in [-0.25, -0.2) is 0 Å². The summed E-state index contributed by atoms with van der Waals surface area (Å²) in [7, 11) is 0. The number of hydrogen-bond donors (Lipinski definition) is 0. The van der Waals surface area contributed by atoms with Gasteiger partial charge in [-0.05, 0) is 106 Å². The zero-order chi connectivity index (χ0) is 21.0. The van der Waals surface area contributed by atoms with Crippen molar-refractivity contribution in [3.8, 4) is 0 Å². The summed E-state index contributed by atoms with van der Waals surface area (Å²) in [5, 5.41) is 0. The molecule has 0 atom stereocenters. The van der Waals surface area contributed by atoms with E-state index in [0.29, 0.717) is 6.42 Å². The van der Waals surface area contributed by atoms with Gasteiger partial charge in [0.25, 0.3) is 0 Å². The first-order valence-corrected chi connectivity index (χ1v) is 14.0. The van der Waals surface area contributed by atoms with Crippen molar-refractivity contribution in [2.75, 3.05) is 6.67 Å². The van der Waals surface area contributed by atoms with Crippen LogP contribution in [0.25, 0.3) is 0 Å². The highest BCUT2D eigenvalue weighted by Gasteiger charge is 2.34. The van der Waals surface area contributed by atoms with Crippen LogP contribution >= 0.6 is 0 Å². The quantitative estimate of drug-likeness (QED) is 0.231. The molecule has 0 radical (unpaired) electrons. The van der Waals surface area contributed by atoms with Crippen LogP contribution in [-0.2, 0) is 0 Å². The Bertz CT molecular complexity index is 445. The molecule has 0 aromatic rings. The minimum atomic E-state index is -0.199. The molecule has 3 aliphatic rings. The maximum atomic E-state index is 12.3. The number of unbranched alkanes of at least 4 members (excludes halogenated alkanes) is 4. The van der Waals surface area contributed by atoms with Gasteiger partial charge in [-0.15, -0.1) is 0 Å². The molecule has 0 N–H and O–H groups in total. The molecule has 0 nitrogen and oxygen atoms in total. The smallest absolute Gasteiger partial charge is 0.0928 e. The molecule has 0 spiro atoms. The molecule has 0 unspecified atom stereocenters. The van der Waals surface area contributed by atoms with Gasteiger partial charge in [0.2, 0.25) is 0 Å². The van der Waals surface area contributed by atoms with Crippen LogP contribution in [0, 0.1) is 35.5 Å². The van der Waals surface area contributed by atoms with Gasteiger partial charge in [0, 0.05) is 0 Å². The number of alkyl halides is 1. The van der Waals surface area contributed by atoms with Crippen LogP contribution in [0.15, 0.2) is 12.2 Å². The van der Waals surface area contributed by atoms with E-state index >= 15 is 0 Å². The monoisotopic (exact) mass is 418 g/mol. The third-order valence-corrected chi connectivity index (χ3v) is 9.26. The summed E-state index contributed by atoms with van der Waals surface area (Å²) in [5.41, 5.74) is 0. The van der Waals surface area contributed by atoms with E-state index < -0.39 is 0 Å². The summed E-state index contributed by atoms with van der Waals surface area (Å²) in [4.78, 5) is 0. The van der Waals surface area contributed by atoms with Crippen molar-refractivity contribution in [2.24, 2.45) is 35.5 Å². The number of rotatable bonds is 11. The first-order chi connectivity index (χ1) is 14.8. The predicted molar refractivity (Wildman–Crippen MR) is 129 cm³/mol. The minimum Gasteiger partial charge on any atom is -0.251 e. The summed E-state index contributed by atoms with van der Waals surface area (Å²) < 4.78 is 12.3. The van der Waals surface area contributed by atoms with E-state index in [-0.39, 0.29) is 6.67 Å². The molecule has 1 heteroatoms. The molecule has 0 aromatic heterocycles. The summed E-state index contributed by atoms with van der Waals surface area (Å²) in [6.45, 7) is 2.12. The molecule has 0 bridgehead atoms. The van der Waals surface area contributed by atoms with Crippen molar-refractivity contribution in [3.05, 3.63) is 12.2 Å². The molecule has 0 saturated heterocycles. The molecule has 0 amide bonds. The molecule has 30 heavy (non-hydrogen) atoms. The van der Waals surface area contributed by atoms with Gasteiger partial charge >= 0.3 is 0 Å². The molecule has 0 aromatic carbocycles. The van der Waals surface area contributed by atoms with Gasteiger partial charge in [-0.2, -0.15) is 0 Å². The predicted octanol–water partition coefficient (Wildman–Crippen LogP) is 9.68. The van der Waals surface area contributed by atoms with E-state index in [0.717, 1.165) is 35.5 Å². The Kier molecular flexibility index (Phi) is 11.3. The Morgan fingerprint density at radius 3 is 1.67 bits per heavy atom. The molecule has 3 aliphatic carbocycles. The Hall–Kier alpha value is -0.330. The lowest BCUT2D eigenvalue weighted by Gasteiger charge is -2.41. The van der Waals surface area contributed by atoms with Gasteiger partial charge in [0.15, 0.2) is 0 Å². The highest BCUT2D eigenvalue weighted by molar-refractivity contribution is 4.93. The van der Waals surface area contributed by atoms with Crippen LogP contribution in [0.3, 0.4) is 0 Å². The third kappa shape index (κ3) is 7.98. The first-order valence-electron chi connectivity index (χ1n) is 14.0. The van der Waals surface area contributed by atoms with Crippen LogP contribution < -0.4 is 0 Å². The maximum Gasteiger partial charge on any atom is 0.0928 e. The van der Waals surface area contributed by atoms with Crippen molar-refractivity contribution in [2.45, 2.75) is 129 Å². The lowest BCUT2D eigenvalue weighted by Crippen LogP contribution is -2.29. The van der Waals surface area contributed by atoms with Crippen molar-refractivity contribution >= 4 is 0 Å². The summed E-state index contributed by atoms with van der Waals surface area (Å²) in [6, 6.07) is 0. The van der Waals surface area contributed by atoms with Gasteiger partial charge in [-0.1, -0.05) is 70.4 Å². The fourth-order valence-electron chi connectivity index (χ4n) is 7.23. The zero-order valence-electron chi connectivity index (χ0n) is 20.1. The maximum absolute atomic E-state index is 12.3. The van der Waals surface area contributed by atoms with Gasteiger partial charge in [0.05, 0.1) is 6.67 Å². The van der Waals surface area contributed by atoms with Crippen LogP contribution in [0.2, 0.25) is 0 Å². The molecule has 0 aliphatic heterocycles. The van der Waals surface area contributed by atoms with Crippen LogP contribution in [0.4, 0.5) is 4.39 Å². The second-order valence-corrected chi connectivity index (χ2v) is 11.2. The van der Waals surface area contributed by atoms with E-state index in [1.165, 1.54) is 103 Å². The fraction of sp³-hybridized carbons (Fsp3) is 0.931. The number of allylic oxidation sites excluding steroid dienone is 2. The van der Waals surface area contributed by atoms with Crippen molar-refractivity contribution in [1.82, 2.24) is 0 Å². The van der Waals surface area contributed by atoms with Crippen LogP contribution in [0.1, 0.15) is 129 Å². The van der Waals surface area contributed by atoms with Crippen molar-refractivity contribution in [1.29, 1.82) is 0 Å². The average molecular weight is 419 g/mol. The third-order valence-electron chi connectivity index (χ3n) is 9.26. The average Bonchev–Trinajstić information content (AvgIpc) is 2.80. The van der Waals surface area contributed by atoms with E-state index in [1.54, 1.807) is 12.8 Å². The summed E-state index contributed by atoms with van der Waals surface area (Å²) >= 11 is 0. The largest absolute Gasteiger partial charge is 0.251 e. The highest BCUT2D eigenvalue weighted by Crippen LogP contribution is 2.46. The summed E-state index contributed by atoms with van der Waals surface area (Å²) in [5.74, 6) is 5.96. The van der Waals surface area contributed by atoms with E-state index in [1.807, 2.05) is 0 Å². The van der Waals surface area contributed by atoms with Gasteiger partial charge in [-0.3, -0.25) is 4.39 Å². The molecule has 174 valence electrons. The highest BCUT2D eigenvalue weighted by atomic mass is 19.1. The molecule has 3 rings (SSSR count). The lowest BCUT2D eigenvalue weighted by molar-refractivity contribution is 0.107. The van der Waals surface area contributed by atoms with Crippen LogP contribution in [0.5, 0.6) is 0 Å². The van der Waals surface area contributed by atoms with E-state index in [9.17, 15) is 4.39 Å². The second-order valence-electron chi connectivity index (χ2n) is 11.2. The molecular formula is C29H51F. The number of hydrogen-bond acceptors (Lipinski definition) is 0. The van der Waals surface area contributed by atoms with E-state index in [2.05, 4.69) is 19.1 Å². The second kappa shape index (κ2) is 13.9.